The van der Waals surface area contributed by atoms with Crippen molar-refractivity contribution >= 4 is 40.8 Å². The molecule has 2 atom stereocenters. The summed E-state index contributed by atoms with van der Waals surface area (Å²) >= 11 is 12.2. The molecule has 6 nitrogen and oxygen atoms in total. The molecule has 2 aromatic rings. The molecule has 0 unspecified atom stereocenters. The van der Waals surface area contributed by atoms with E-state index in [2.05, 4.69) is 6.07 Å². The number of rotatable bonds is 2. The molecule has 2 fully saturated rings. The molecule has 29 heavy (non-hydrogen) atoms. The zero-order valence-electron chi connectivity index (χ0n) is 15.9. The van der Waals surface area contributed by atoms with E-state index in [4.69, 9.17) is 28.5 Å². The van der Waals surface area contributed by atoms with Crippen molar-refractivity contribution in [2.75, 3.05) is 32.1 Å². The van der Waals surface area contributed by atoms with Gasteiger partial charge in [0.25, 0.3) is 5.91 Å². The molecule has 8 heteroatoms. The summed E-state index contributed by atoms with van der Waals surface area (Å²) in [5.41, 5.74) is 0.766. The first-order valence-corrected chi connectivity index (χ1v) is 9.80. The number of imide groups is 1. The average molecular weight is 429 g/mol. The molecule has 2 aromatic carbocycles. The molecular formula is C21H18Cl2N4O2. The molecule has 2 saturated heterocycles. The van der Waals surface area contributed by atoms with Crippen LogP contribution in [0.25, 0.3) is 0 Å². The van der Waals surface area contributed by atoms with Crippen molar-refractivity contribution in [3.8, 4) is 6.07 Å². The maximum absolute atomic E-state index is 13.7. The van der Waals surface area contributed by atoms with Gasteiger partial charge < -0.3 is 9.80 Å². The van der Waals surface area contributed by atoms with Crippen molar-refractivity contribution in [1.29, 1.82) is 5.26 Å². The number of urea groups is 1. The number of likely N-dealkylation sites (tertiary alicyclic amines) is 1. The molecular weight excluding hydrogens is 411 g/mol. The van der Waals surface area contributed by atoms with E-state index in [0.717, 1.165) is 10.5 Å². The Morgan fingerprint density at radius 1 is 1.07 bits per heavy atom. The topological polar surface area (TPSA) is 67.6 Å². The van der Waals surface area contributed by atoms with Crippen molar-refractivity contribution in [3.63, 3.8) is 0 Å². The third kappa shape index (κ3) is 2.98. The Balaban J connectivity index is 1.81. The predicted molar refractivity (Wildman–Crippen MR) is 111 cm³/mol. The third-order valence-electron chi connectivity index (χ3n) is 5.78. The van der Waals surface area contributed by atoms with E-state index in [1.54, 1.807) is 37.4 Å². The fourth-order valence-corrected chi connectivity index (χ4v) is 4.93. The zero-order valence-corrected chi connectivity index (χ0v) is 17.4. The van der Waals surface area contributed by atoms with Gasteiger partial charge in [0.2, 0.25) is 0 Å². The number of amides is 3. The molecule has 0 aliphatic carbocycles. The summed E-state index contributed by atoms with van der Waals surface area (Å²) in [4.78, 5) is 31.6. The van der Waals surface area contributed by atoms with E-state index < -0.39 is 11.6 Å². The molecule has 0 saturated carbocycles. The lowest BCUT2D eigenvalue weighted by atomic mass is 9.80. The highest BCUT2D eigenvalue weighted by molar-refractivity contribution is 6.35. The fraction of sp³-hybridized carbons (Fsp3) is 0.286. The number of hydrogen-bond acceptors (Lipinski definition) is 4. The molecule has 0 radical (unpaired) electrons. The van der Waals surface area contributed by atoms with Gasteiger partial charge in [0.05, 0.1) is 17.3 Å². The summed E-state index contributed by atoms with van der Waals surface area (Å²) in [6.45, 7) is 1.02. The van der Waals surface area contributed by atoms with Gasteiger partial charge in [-0.2, -0.15) is 5.26 Å². The maximum Gasteiger partial charge on any atom is 0.332 e. The lowest BCUT2D eigenvalue weighted by molar-refractivity contribution is -0.124. The Morgan fingerprint density at radius 2 is 1.69 bits per heavy atom. The van der Waals surface area contributed by atoms with Gasteiger partial charge in [0.15, 0.2) is 0 Å². The van der Waals surface area contributed by atoms with Crippen LogP contribution in [-0.4, -0.2) is 54.5 Å². The van der Waals surface area contributed by atoms with E-state index in [9.17, 15) is 9.59 Å². The average Bonchev–Trinajstić information content (AvgIpc) is 3.12. The van der Waals surface area contributed by atoms with Gasteiger partial charge in [0.1, 0.15) is 5.54 Å². The summed E-state index contributed by atoms with van der Waals surface area (Å²) < 4.78 is 0. The molecule has 0 bridgehead atoms. The van der Waals surface area contributed by atoms with Crippen molar-refractivity contribution in [3.05, 3.63) is 63.6 Å². The Bertz CT molecular complexity index is 1030. The smallest absolute Gasteiger partial charge is 0.310 e. The van der Waals surface area contributed by atoms with Gasteiger partial charge in [-0.15, -0.1) is 0 Å². The van der Waals surface area contributed by atoms with Crippen LogP contribution in [0, 0.1) is 11.3 Å². The first kappa shape index (κ1) is 19.7. The van der Waals surface area contributed by atoms with E-state index >= 15 is 0 Å². The first-order chi connectivity index (χ1) is 13.8. The number of nitrogens with zero attached hydrogens (tertiary/aromatic N) is 4. The highest BCUT2D eigenvalue weighted by Crippen LogP contribution is 2.46. The molecule has 1 spiro atoms. The quantitative estimate of drug-likeness (QED) is 0.683. The van der Waals surface area contributed by atoms with Crippen LogP contribution >= 0.6 is 23.2 Å². The molecule has 4 rings (SSSR count). The molecule has 3 amide bonds. The van der Waals surface area contributed by atoms with Crippen molar-refractivity contribution in [2.45, 2.75) is 11.5 Å². The predicted octanol–water partition coefficient (Wildman–Crippen LogP) is 3.73. The number of likely N-dealkylation sites (N-methyl/N-ethyl adjacent to an activating group) is 2. The van der Waals surface area contributed by atoms with Gasteiger partial charge in [-0.1, -0.05) is 35.3 Å². The normalized spacial score (nSPS) is 24.6. The van der Waals surface area contributed by atoms with Crippen molar-refractivity contribution in [2.24, 2.45) is 0 Å². The van der Waals surface area contributed by atoms with Gasteiger partial charge in [-0.05, 0) is 42.9 Å². The largest absolute Gasteiger partial charge is 0.332 e. The highest BCUT2D eigenvalue weighted by atomic mass is 35.5. The minimum atomic E-state index is -1.05. The van der Waals surface area contributed by atoms with Crippen molar-refractivity contribution in [1.82, 2.24) is 9.80 Å². The van der Waals surface area contributed by atoms with Gasteiger partial charge in [-0.3, -0.25) is 4.79 Å². The highest BCUT2D eigenvalue weighted by Gasteiger charge is 2.63. The van der Waals surface area contributed by atoms with Crippen LogP contribution in [0.2, 0.25) is 10.0 Å². The number of anilines is 1. The number of carbonyl (C=O) groups excluding carboxylic acids is 2. The second-order valence-corrected chi connectivity index (χ2v) is 8.39. The molecule has 148 valence electrons. The number of hydrogen-bond donors (Lipinski definition) is 0. The fourth-order valence-electron chi connectivity index (χ4n) is 4.42. The Morgan fingerprint density at radius 3 is 2.28 bits per heavy atom. The van der Waals surface area contributed by atoms with E-state index in [1.165, 1.54) is 4.90 Å². The second kappa shape index (κ2) is 7.03. The van der Waals surface area contributed by atoms with E-state index in [1.807, 2.05) is 24.1 Å². The van der Waals surface area contributed by atoms with Crippen molar-refractivity contribution < 1.29 is 9.59 Å². The third-order valence-corrected chi connectivity index (χ3v) is 6.22. The van der Waals surface area contributed by atoms with Gasteiger partial charge >= 0.3 is 6.03 Å². The monoisotopic (exact) mass is 428 g/mol. The van der Waals surface area contributed by atoms with Crippen LogP contribution < -0.4 is 4.90 Å². The van der Waals surface area contributed by atoms with Gasteiger partial charge in [0, 0.05) is 36.1 Å². The Labute approximate surface area is 178 Å². The maximum atomic E-state index is 13.7. The first-order valence-electron chi connectivity index (χ1n) is 9.05. The number of carbonyl (C=O) groups is 2. The summed E-state index contributed by atoms with van der Waals surface area (Å²) in [6.07, 6.45) is 0. The van der Waals surface area contributed by atoms with Crippen LogP contribution in [0.4, 0.5) is 10.5 Å². The summed E-state index contributed by atoms with van der Waals surface area (Å²) in [6, 6.07) is 13.5. The summed E-state index contributed by atoms with van der Waals surface area (Å²) in [5.74, 6) is -0.539. The SMILES string of the molecule is CN1C[C@H](c2ccc(C#N)cc2)[C@]2(C1)C(=O)N(c1cc(Cl)cc(Cl)c1)C(=O)N2C. The summed E-state index contributed by atoms with van der Waals surface area (Å²) in [7, 11) is 3.58. The lowest BCUT2D eigenvalue weighted by Crippen LogP contribution is -2.53. The minimum Gasteiger partial charge on any atom is -0.310 e. The molecule has 0 aromatic heterocycles. The van der Waals surface area contributed by atoms with Crippen LogP contribution in [0.15, 0.2) is 42.5 Å². The second-order valence-electron chi connectivity index (χ2n) is 7.52. The van der Waals surface area contributed by atoms with E-state index in [-0.39, 0.29) is 11.8 Å². The molecule has 2 aliphatic rings. The molecule has 2 aliphatic heterocycles. The number of benzene rings is 2. The molecule has 0 N–H and O–H groups in total. The lowest BCUT2D eigenvalue weighted by Gasteiger charge is -2.33. The van der Waals surface area contributed by atoms with Gasteiger partial charge in [-0.25, -0.2) is 9.69 Å². The van der Waals surface area contributed by atoms with Crippen LogP contribution in [-0.2, 0) is 4.79 Å². The van der Waals surface area contributed by atoms with Crippen LogP contribution in [0.1, 0.15) is 17.0 Å². The number of halogens is 2. The molecule has 2 heterocycles. The van der Waals surface area contributed by atoms with Crippen LogP contribution in [0.5, 0.6) is 0 Å². The van der Waals surface area contributed by atoms with Crippen LogP contribution in [0.3, 0.4) is 0 Å². The Hall–Kier alpha value is -2.59. The standard InChI is InChI=1S/C21H18Cl2N4O2/c1-25-11-18(14-5-3-13(10-24)4-6-14)21(12-25)19(28)27(20(29)26(21)2)17-8-15(22)7-16(23)9-17/h3-9,18H,11-12H2,1-2H3/t18-,21-/m1/s1. The summed E-state index contributed by atoms with van der Waals surface area (Å²) in [5, 5.41) is 9.77. The zero-order chi connectivity index (χ0) is 20.9. The van der Waals surface area contributed by atoms with E-state index in [0.29, 0.717) is 34.4 Å². The minimum absolute atomic E-state index is 0.235. The Kier molecular flexibility index (Phi) is 4.78. The number of nitriles is 1.